The molecule has 0 saturated carbocycles. The van der Waals surface area contributed by atoms with E-state index >= 15 is 0 Å². The predicted molar refractivity (Wildman–Crippen MR) is 90.0 cm³/mol. The number of hydrogen-bond acceptors (Lipinski definition) is 4. The summed E-state index contributed by atoms with van der Waals surface area (Å²) in [4.78, 5) is 0. The number of rotatable bonds is 3. The Bertz CT molecular complexity index is 865. The van der Waals surface area contributed by atoms with Gasteiger partial charge in [-0.25, -0.2) is 0 Å². The number of nitrogen functional groups attached to an aromatic ring is 1. The summed E-state index contributed by atoms with van der Waals surface area (Å²) in [7, 11) is 0. The monoisotopic (exact) mass is 296 g/mol. The van der Waals surface area contributed by atoms with Crippen LogP contribution >= 0.6 is 0 Å². The molecule has 108 valence electrons. The Labute approximate surface area is 134 Å². The molecule has 0 spiro atoms. The molecular weight excluding hydrogens is 284 g/mol. The van der Waals surface area contributed by atoms with E-state index in [-0.39, 0.29) is 11.1 Å². The maximum absolute atomic E-state index is 9.12. The Balaban J connectivity index is 2.25. The number of anilines is 1. The van der Waals surface area contributed by atoms with E-state index in [0.717, 1.165) is 11.1 Å². The molecule has 2 N–H and O–H groups in total. The lowest BCUT2D eigenvalue weighted by molar-refractivity contribution is 1.45. The molecule has 0 unspecified atom stereocenters. The fourth-order valence-electron chi connectivity index (χ4n) is 1.96. The molecule has 0 saturated heterocycles. The second kappa shape index (κ2) is 7.27. The number of nitriles is 3. The number of nitrogens with two attached hydrogens (primary N) is 1. The molecule has 4 heteroatoms. The lowest BCUT2D eigenvalue weighted by Crippen LogP contribution is -1.87. The van der Waals surface area contributed by atoms with Crippen molar-refractivity contribution in [2.75, 3.05) is 5.73 Å². The highest BCUT2D eigenvalue weighted by atomic mass is 14.5. The molecule has 0 bridgehead atoms. The molecule has 0 heterocycles. The summed E-state index contributed by atoms with van der Waals surface area (Å²) >= 11 is 0. The van der Waals surface area contributed by atoms with Gasteiger partial charge in [-0.05, 0) is 28.8 Å². The van der Waals surface area contributed by atoms with Gasteiger partial charge in [-0.15, -0.1) is 0 Å². The number of hydrogen-bond donors (Lipinski definition) is 1. The van der Waals surface area contributed by atoms with Gasteiger partial charge in [0.15, 0.2) is 0 Å². The van der Waals surface area contributed by atoms with Crippen LogP contribution in [0.25, 0.3) is 17.7 Å². The summed E-state index contributed by atoms with van der Waals surface area (Å²) in [5.74, 6) is 0. The minimum atomic E-state index is -0.183. The molecule has 0 aliphatic carbocycles. The van der Waals surface area contributed by atoms with Crippen molar-refractivity contribution in [1.29, 1.82) is 15.8 Å². The second-order valence-electron chi connectivity index (χ2n) is 4.71. The average molecular weight is 296 g/mol. The Morgan fingerprint density at radius 2 is 1.22 bits per heavy atom. The molecule has 2 aromatic carbocycles. The average Bonchev–Trinajstić information content (AvgIpc) is 2.60. The summed E-state index contributed by atoms with van der Waals surface area (Å²) in [5.41, 5.74) is 8.78. The minimum absolute atomic E-state index is 0.0871. The van der Waals surface area contributed by atoms with Gasteiger partial charge in [0, 0.05) is 5.69 Å². The third-order valence-corrected chi connectivity index (χ3v) is 3.19. The van der Waals surface area contributed by atoms with Crippen LogP contribution in [-0.2, 0) is 0 Å². The molecule has 23 heavy (non-hydrogen) atoms. The second-order valence-corrected chi connectivity index (χ2v) is 4.71. The van der Waals surface area contributed by atoms with Crippen molar-refractivity contribution in [3.63, 3.8) is 0 Å². The summed E-state index contributed by atoms with van der Waals surface area (Å²) in [5, 5.41) is 26.9. The number of nitrogens with zero attached hydrogens (tertiary/aromatic N) is 3. The van der Waals surface area contributed by atoms with Crippen LogP contribution in [0.5, 0.6) is 0 Å². The molecular formula is C19H12N4. The predicted octanol–water partition coefficient (Wildman–Crippen LogP) is 3.76. The molecule has 0 radical (unpaired) electrons. The Morgan fingerprint density at radius 3 is 1.65 bits per heavy atom. The molecule has 4 nitrogen and oxygen atoms in total. The first-order chi connectivity index (χ1) is 11.2. The quantitative estimate of drug-likeness (QED) is 0.529. The Hall–Kier alpha value is -3.81. The maximum atomic E-state index is 9.12. The smallest absolute Gasteiger partial charge is 0.148 e. The highest BCUT2D eigenvalue weighted by Gasteiger charge is 2.08. The van der Waals surface area contributed by atoms with Crippen LogP contribution in [0.15, 0.2) is 54.1 Å². The van der Waals surface area contributed by atoms with Crippen LogP contribution in [-0.4, -0.2) is 0 Å². The van der Waals surface area contributed by atoms with Crippen molar-refractivity contribution in [2.24, 2.45) is 0 Å². The van der Waals surface area contributed by atoms with Crippen LogP contribution in [0, 0.1) is 34.0 Å². The van der Waals surface area contributed by atoms with E-state index in [1.807, 2.05) is 54.6 Å². The minimum Gasteiger partial charge on any atom is -0.399 e. The molecule has 0 aromatic heterocycles. The van der Waals surface area contributed by atoms with E-state index < -0.39 is 0 Å². The normalized spacial score (nSPS) is 9.61. The highest BCUT2D eigenvalue weighted by Crippen LogP contribution is 2.19. The van der Waals surface area contributed by atoms with Crippen molar-refractivity contribution in [3.05, 3.63) is 70.8 Å². The van der Waals surface area contributed by atoms with Crippen molar-refractivity contribution < 1.29 is 0 Å². The van der Waals surface area contributed by atoms with Gasteiger partial charge in [-0.1, -0.05) is 48.6 Å². The number of allylic oxidation sites excluding steroid dienone is 2. The number of benzene rings is 2. The van der Waals surface area contributed by atoms with Crippen molar-refractivity contribution in [1.82, 2.24) is 0 Å². The third-order valence-electron chi connectivity index (χ3n) is 3.19. The van der Waals surface area contributed by atoms with Crippen molar-refractivity contribution in [2.45, 2.75) is 0 Å². The van der Waals surface area contributed by atoms with Gasteiger partial charge < -0.3 is 5.73 Å². The highest BCUT2D eigenvalue weighted by molar-refractivity contribution is 5.84. The lowest BCUT2D eigenvalue weighted by atomic mass is 10.0. The van der Waals surface area contributed by atoms with E-state index in [2.05, 4.69) is 0 Å². The van der Waals surface area contributed by atoms with Crippen LogP contribution in [0.1, 0.15) is 16.7 Å². The van der Waals surface area contributed by atoms with Crippen LogP contribution in [0.3, 0.4) is 0 Å². The molecule has 0 atom stereocenters. The summed E-state index contributed by atoms with van der Waals surface area (Å²) in [6.45, 7) is 0. The largest absolute Gasteiger partial charge is 0.399 e. The molecule has 2 aromatic rings. The fraction of sp³-hybridized carbons (Fsp3) is 0. The van der Waals surface area contributed by atoms with Gasteiger partial charge in [-0.2, -0.15) is 15.8 Å². The van der Waals surface area contributed by atoms with Crippen molar-refractivity contribution >= 4 is 23.4 Å². The zero-order chi connectivity index (χ0) is 16.7. The van der Waals surface area contributed by atoms with Gasteiger partial charge in [0.05, 0.1) is 5.57 Å². The standard InChI is InChI=1S/C19H12N4/c20-11-17(12-21)19(13-22)16-7-3-14(4-8-16)1-2-15-5-9-18(23)10-6-15/h1-10H,23H2/b2-1+. The Kier molecular flexibility index (Phi) is 4.92. The zero-order valence-electron chi connectivity index (χ0n) is 12.2. The first-order valence-electron chi connectivity index (χ1n) is 6.76. The lowest BCUT2D eigenvalue weighted by Gasteiger charge is -2.00. The summed E-state index contributed by atoms with van der Waals surface area (Å²) in [6, 6.07) is 20.0. The molecule has 0 amide bonds. The Morgan fingerprint density at radius 1 is 0.739 bits per heavy atom. The molecule has 0 aliphatic heterocycles. The summed E-state index contributed by atoms with van der Waals surface area (Å²) in [6.07, 6.45) is 3.88. The van der Waals surface area contributed by atoms with Gasteiger partial charge in [0.2, 0.25) is 0 Å². The third kappa shape index (κ3) is 3.85. The topological polar surface area (TPSA) is 97.4 Å². The van der Waals surface area contributed by atoms with E-state index in [4.69, 9.17) is 21.5 Å². The summed E-state index contributed by atoms with van der Waals surface area (Å²) < 4.78 is 0. The van der Waals surface area contributed by atoms with E-state index in [1.54, 1.807) is 24.3 Å². The van der Waals surface area contributed by atoms with Gasteiger partial charge in [0.1, 0.15) is 23.8 Å². The van der Waals surface area contributed by atoms with Crippen LogP contribution in [0.2, 0.25) is 0 Å². The molecule has 0 fully saturated rings. The van der Waals surface area contributed by atoms with E-state index in [0.29, 0.717) is 11.3 Å². The molecule has 2 rings (SSSR count). The van der Waals surface area contributed by atoms with Gasteiger partial charge in [0.25, 0.3) is 0 Å². The van der Waals surface area contributed by atoms with E-state index in [1.165, 1.54) is 0 Å². The van der Waals surface area contributed by atoms with Gasteiger partial charge in [-0.3, -0.25) is 0 Å². The van der Waals surface area contributed by atoms with Gasteiger partial charge >= 0.3 is 0 Å². The first kappa shape index (κ1) is 15.6. The zero-order valence-corrected chi connectivity index (χ0v) is 12.2. The van der Waals surface area contributed by atoms with Crippen molar-refractivity contribution in [3.8, 4) is 18.2 Å². The fourth-order valence-corrected chi connectivity index (χ4v) is 1.96. The van der Waals surface area contributed by atoms with Crippen LogP contribution in [0.4, 0.5) is 5.69 Å². The van der Waals surface area contributed by atoms with E-state index in [9.17, 15) is 0 Å². The SMILES string of the molecule is N#CC(C#N)=C(C#N)c1ccc(/C=C/c2ccc(N)cc2)cc1. The van der Waals surface area contributed by atoms with Crippen LogP contribution < -0.4 is 5.73 Å². The maximum Gasteiger partial charge on any atom is 0.148 e. The molecule has 0 aliphatic rings. The first-order valence-corrected chi connectivity index (χ1v) is 6.76.